The topological polar surface area (TPSA) is 131 Å². The van der Waals surface area contributed by atoms with Gasteiger partial charge in [-0.2, -0.15) is 0 Å². The maximum Gasteiger partial charge on any atom is 0.407 e. The molecule has 1 heterocycles. The smallest absolute Gasteiger partial charge is 0.407 e. The molecule has 0 radical (unpaired) electrons. The van der Waals surface area contributed by atoms with Crippen LogP contribution in [0.1, 0.15) is 24.0 Å². The van der Waals surface area contributed by atoms with Gasteiger partial charge in [0.1, 0.15) is 25.2 Å². The Morgan fingerprint density at radius 2 is 1.64 bits per heavy atom. The summed E-state index contributed by atoms with van der Waals surface area (Å²) in [6.45, 7) is 0.121. The highest BCUT2D eigenvalue weighted by Gasteiger charge is 2.36. The van der Waals surface area contributed by atoms with Crippen LogP contribution in [0, 0.1) is 0 Å². The quantitative estimate of drug-likeness (QED) is 0.525. The summed E-state index contributed by atoms with van der Waals surface area (Å²) in [5.41, 5.74) is 7.12. The van der Waals surface area contributed by atoms with Crippen molar-refractivity contribution >= 4 is 23.8 Å². The van der Waals surface area contributed by atoms with Gasteiger partial charge < -0.3 is 26.0 Å². The van der Waals surface area contributed by atoms with Gasteiger partial charge in [0.25, 0.3) is 0 Å². The summed E-state index contributed by atoms with van der Waals surface area (Å²) in [5, 5.41) is 5.06. The number of nitrogens with zero attached hydrogens (tertiary/aromatic N) is 1. The number of hydrogen-bond acceptors (Lipinski definition) is 5. The van der Waals surface area contributed by atoms with Gasteiger partial charge >= 0.3 is 6.09 Å². The van der Waals surface area contributed by atoms with Crippen molar-refractivity contribution in [2.24, 2.45) is 5.73 Å². The van der Waals surface area contributed by atoms with Crippen LogP contribution >= 0.6 is 0 Å². The first kappa shape index (κ1) is 23.8. The highest BCUT2D eigenvalue weighted by Crippen LogP contribution is 2.19. The molecule has 1 aliphatic rings. The van der Waals surface area contributed by atoms with Crippen molar-refractivity contribution in [3.63, 3.8) is 0 Å². The minimum absolute atomic E-state index is 0.0763. The number of benzene rings is 2. The summed E-state index contributed by atoms with van der Waals surface area (Å²) < 4.78 is 5.09. The van der Waals surface area contributed by atoms with Crippen molar-refractivity contribution in [3.05, 3.63) is 71.8 Å². The fraction of sp³-hybridized carbons (Fsp3) is 0.333. The molecule has 1 aliphatic heterocycles. The van der Waals surface area contributed by atoms with Gasteiger partial charge in [-0.25, -0.2) is 4.79 Å². The lowest BCUT2D eigenvalue weighted by Crippen LogP contribution is -2.54. The molecule has 4 amide bonds. The van der Waals surface area contributed by atoms with Gasteiger partial charge in [0.05, 0.1) is 0 Å². The number of hydrogen-bond donors (Lipinski definition) is 3. The highest BCUT2D eigenvalue weighted by atomic mass is 16.5. The first-order valence-electron chi connectivity index (χ1n) is 10.8. The maximum absolute atomic E-state index is 13.2. The van der Waals surface area contributed by atoms with Gasteiger partial charge in [0.15, 0.2) is 0 Å². The Morgan fingerprint density at radius 3 is 2.27 bits per heavy atom. The van der Waals surface area contributed by atoms with E-state index in [1.54, 1.807) is 0 Å². The van der Waals surface area contributed by atoms with Gasteiger partial charge in [-0.05, 0) is 24.0 Å². The number of likely N-dealkylation sites (tertiary alicyclic amines) is 1. The number of alkyl carbamates (subject to hydrolysis) is 1. The van der Waals surface area contributed by atoms with Crippen LogP contribution in [0.2, 0.25) is 0 Å². The summed E-state index contributed by atoms with van der Waals surface area (Å²) in [6.07, 6.45) is 0.668. The van der Waals surface area contributed by atoms with Crippen molar-refractivity contribution in [2.45, 2.75) is 38.0 Å². The number of nitrogens with one attached hydrogen (secondary N) is 2. The third-order valence-electron chi connectivity index (χ3n) is 5.39. The predicted molar refractivity (Wildman–Crippen MR) is 121 cm³/mol. The molecule has 4 N–H and O–H groups in total. The fourth-order valence-electron chi connectivity index (χ4n) is 3.75. The van der Waals surface area contributed by atoms with Crippen LogP contribution < -0.4 is 16.4 Å². The minimum Gasteiger partial charge on any atom is -0.445 e. The Bertz CT molecular complexity index is 967. The molecule has 2 aromatic rings. The lowest BCUT2D eigenvalue weighted by atomic mass is 10.0. The molecule has 1 saturated heterocycles. The summed E-state index contributed by atoms with van der Waals surface area (Å²) in [5.74, 6) is -1.48. The average molecular weight is 453 g/mol. The molecule has 0 bridgehead atoms. The lowest BCUT2D eigenvalue weighted by Gasteiger charge is -2.28. The largest absolute Gasteiger partial charge is 0.445 e. The van der Waals surface area contributed by atoms with E-state index in [-0.39, 0.29) is 25.5 Å². The van der Waals surface area contributed by atoms with Crippen molar-refractivity contribution < 1.29 is 23.9 Å². The zero-order valence-electron chi connectivity index (χ0n) is 18.2. The molecule has 33 heavy (non-hydrogen) atoms. The lowest BCUT2D eigenvalue weighted by molar-refractivity contribution is -0.140. The summed E-state index contributed by atoms with van der Waals surface area (Å²) in [6, 6.07) is 16.8. The summed E-state index contributed by atoms with van der Waals surface area (Å²) >= 11 is 0. The number of ether oxygens (including phenoxy) is 1. The van der Waals surface area contributed by atoms with Gasteiger partial charge in [-0.15, -0.1) is 0 Å². The van der Waals surface area contributed by atoms with E-state index in [9.17, 15) is 19.2 Å². The molecule has 9 heteroatoms. The molecule has 0 spiro atoms. The number of carbonyl (C=O) groups is 4. The number of rotatable bonds is 9. The van der Waals surface area contributed by atoms with Crippen LogP contribution in [-0.2, 0) is 32.1 Å². The van der Waals surface area contributed by atoms with Crippen LogP contribution in [0.15, 0.2) is 60.7 Å². The Labute approximate surface area is 192 Å². The second-order valence-electron chi connectivity index (χ2n) is 7.82. The van der Waals surface area contributed by atoms with Crippen LogP contribution in [0.5, 0.6) is 0 Å². The van der Waals surface area contributed by atoms with E-state index in [0.29, 0.717) is 19.4 Å². The molecular formula is C24H28N4O5. The van der Waals surface area contributed by atoms with E-state index in [1.807, 2.05) is 60.7 Å². The van der Waals surface area contributed by atoms with E-state index >= 15 is 0 Å². The minimum atomic E-state index is -0.901. The molecule has 1 fully saturated rings. The Hall–Kier alpha value is -3.88. The van der Waals surface area contributed by atoms with E-state index < -0.39 is 30.0 Å². The summed E-state index contributed by atoms with van der Waals surface area (Å²) in [4.78, 5) is 50.8. The highest BCUT2D eigenvalue weighted by molar-refractivity contribution is 5.93. The molecule has 2 aromatic carbocycles. The average Bonchev–Trinajstić information content (AvgIpc) is 3.32. The third kappa shape index (κ3) is 7.06. The van der Waals surface area contributed by atoms with Crippen LogP contribution in [-0.4, -0.2) is 53.9 Å². The van der Waals surface area contributed by atoms with Crippen LogP contribution in [0.3, 0.4) is 0 Å². The first-order valence-corrected chi connectivity index (χ1v) is 10.8. The second-order valence-corrected chi connectivity index (χ2v) is 7.82. The zero-order chi connectivity index (χ0) is 23.6. The van der Waals surface area contributed by atoms with E-state index in [2.05, 4.69) is 10.6 Å². The van der Waals surface area contributed by atoms with Crippen LogP contribution in [0.4, 0.5) is 4.79 Å². The summed E-state index contributed by atoms with van der Waals surface area (Å²) in [7, 11) is 0. The van der Waals surface area contributed by atoms with Crippen LogP contribution in [0.25, 0.3) is 0 Å². The number of primary amides is 1. The Kier molecular flexibility index (Phi) is 8.40. The molecule has 0 saturated carbocycles. The van der Waals surface area contributed by atoms with Gasteiger partial charge in [-0.1, -0.05) is 60.7 Å². The number of carbonyl (C=O) groups excluding carboxylic acids is 4. The van der Waals surface area contributed by atoms with Crippen molar-refractivity contribution in [1.82, 2.24) is 15.5 Å². The predicted octanol–water partition coefficient (Wildman–Crippen LogP) is 1.12. The normalized spacial score (nSPS) is 16.0. The zero-order valence-corrected chi connectivity index (χ0v) is 18.2. The standard InChI is InChI=1S/C24H28N4O5/c25-22(30)20-12-7-13-28(20)23(31)19(14-17-8-3-1-4-9-17)27-21(29)15-26-24(32)33-16-18-10-5-2-6-11-18/h1-6,8-11,19-20H,7,12-16H2,(H2,25,30)(H,26,32)(H,27,29)/t19-,20-/m0/s1. The molecule has 0 unspecified atom stereocenters. The van der Waals surface area contributed by atoms with Gasteiger partial charge in [0, 0.05) is 13.0 Å². The van der Waals surface area contributed by atoms with Crippen molar-refractivity contribution in [3.8, 4) is 0 Å². The van der Waals surface area contributed by atoms with Gasteiger partial charge in [-0.3, -0.25) is 14.4 Å². The third-order valence-corrected chi connectivity index (χ3v) is 5.39. The molecule has 3 rings (SSSR count). The molecule has 0 aliphatic carbocycles. The van der Waals surface area contributed by atoms with E-state index in [4.69, 9.17) is 10.5 Å². The van der Waals surface area contributed by atoms with E-state index in [1.165, 1.54) is 4.90 Å². The number of nitrogens with two attached hydrogens (primary N) is 1. The first-order chi connectivity index (χ1) is 15.9. The van der Waals surface area contributed by atoms with E-state index in [0.717, 1.165) is 11.1 Å². The number of amides is 4. The van der Waals surface area contributed by atoms with Crippen molar-refractivity contribution in [2.75, 3.05) is 13.1 Å². The second kappa shape index (κ2) is 11.7. The molecule has 9 nitrogen and oxygen atoms in total. The molecular weight excluding hydrogens is 424 g/mol. The fourth-order valence-corrected chi connectivity index (χ4v) is 3.75. The molecule has 174 valence electrons. The Balaban J connectivity index is 1.58. The van der Waals surface area contributed by atoms with Gasteiger partial charge in [0.2, 0.25) is 17.7 Å². The molecule has 0 aromatic heterocycles. The maximum atomic E-state index is 13.2. The van der Waals surface area contributed by atoms with Crippen molar-refractivity contribution in [1.29, 1.82) is 0 Å². The monoisotopic (exact) mass is 452 g/mol. The molecule has 2 atom stereocenters. The SMILES string of the molecule is NC(=O)[C@@H]1CCCN1C(=O)[C@H](Cc1ccccc1)NC(=O)CNC(=O)OCc1ccccc1. The Morgan fingerprint density at radius 1 is 1.00 bits per heavy atom.